The standard InChI is InChI=1S/C14H17N2O2P/c1-12(14-8-5-9-15-10-14)16-19(17,18)11-13-6-3-2-4-7-13/h2-10,12H,11H2,1H3,(H2,16,17,18). The van der Waals surface area contributed by atoms with Crippen LogP contribution in [0.4, 0.5) is 0 Å². The van der Waals surface area contributed by atoms with Crippen LogP contribution in [0.25, 0.3) is 0 Å². The summed E-state index contributed by atoms with van der Waals surface area (Å²) in [4.78, 5) is 14.0. The van der Waals surface area contributed by atoms with Crippen LogP contribution < -0.4 is 5.09 Å². The lowest BCUT2D eigenvalue weighted by atomic mass is 10.2. The Bertz CT molecular complexity index is 560. The minimum atomic E-state index is -3.41. The van der Waals surface area contributed by atoms with E-state index in [0.29, 0.717) is 0 Å². The molecule has 0 amide bonds. The van der Waals surface area contributed by atoms with Gasteiger partial charge in [-0.15, -0.1) is 0 Å². The fraction of sp³-hybridized carbons (Fsp3) is 0.214. The number of hydrogen-bond acceptors (Lipinski definition) is 2. The molecule has 0 saturated carbocycles. The zero-order chi connectivity index (χ0) is 13.7. The SMILES string of the molecule is CC(NP(=O)(O)Cc1ccccc1)c1cccnc1. The van der Waals surface area contributed by atoms with Crippen LogP contribution >= 0.6 is 7.52 Å². The first-order chi connectivity index (χ1) is 9.07. The summed E-state index contributed by atoms with van der Waals surface area (Å²) >= 11 is 0. The highest BCUT2D eigenvalue weighted by Crippen LogP contribution is 2.42. The molecule has 1 aromatic carbocycles. The fourth-order valence-corrected chi connectivity index (χ4v) is 3.44. The van der Waals surface area contributed by atoms with Crippen molar-refractivity contribution in [3.63, 3.8) is 0 Å². The molecular formula is C14H17N2O2P. The Balaban J connectivity index is 2.03. The molecule has 2 N–H and O–H groups in total. The van der Waals surface area contributed by atoms with E-state index in [1.54, 1.807) is 12.4 Å². The highest BCUT2D eigenvalue weighted by atomic mass is 31.2. The maximum absolute atomic E-state index is 12.2. The third kappa shape index (κ3) is 4.28. The predicted octanol–water partition coefficient (Wildman–Crippen LogP) is 3.12. The highest BCUT2D eigenvalue weighted by molar-refractivity contribution is 7.55. The summed E-state index contributed by atoms with van der Waals surface area (Å²) in [5, 5.41) is 2.79. The Kier molecular flexibility index (Phi) is 4.48. The largest absolute Gasteiger partial charge is 0.333 e. The molecule has 4 nitrogen and oxygen atoms in total. The summed E-state index contributed by atoms with van der Waals surface area (Å²) in [7, 11) is -3.41. The second-order valence-corrected chi connectivity index (χ2v) is 6.46. The van der Waals surface area contributed by atoms with Crippen molar-refractivity contribution in [1.82, 2.24) is 10.1 Å². The number of aromatic nitrogens is 1. The van der Waals surface area contributed by atoms with E-state index >= 15 is 0 Å². The average molecular weight is 276 g/mol. The molecule has 0 saturated heterocycles. The molecule has 5 heteroatoms. The van der Waals surface area contributed by atoms with Crippen molar-refractivity contribution in [3.8, 4) is 0 Å². The van der Waals surface area contributed by atoms with Gasteiger partial charge in [-0.05, 0) is 24.1 Å². The van der Waals surface area contributed by atoms with Gasteiger partial charge in [0.1, 0.15) is 0 Å². The summed E-state index contributed by atoms with van der Waals surface area (Å²) in [5.41, 5.74) is 1.74. The van der Waals surface area contributed by atoms with Crippen molar-refractivity contribution >= 4 is 7.52 Å². The van der Waals surface area contributed by atoms with E-state index in [9.17, 15) is 9.46 Å². The van der Waals surface area contributed by atoms with Crippen molar-refractivity contribution < 1.29 is 9.46 Å². The van der Waals surface area contributed by atoms with Crippen molar-refractivity contribution in [3.05, 3.63) is 66.0 Å². The van der Waals surface area contributed by atoms with Crippen molar-refractivity contribution in [2.24, 2.45) is 0 Å². The number of nitrogens with one attached hydrogen (secondary N) is 1. The first kappa shape index (κ1) is 13.9. The molecule has 2 aromatic rings. The van der Waals surface area contributed by atoms with E-state index in [2.05, 4.69) is 10.1 Å². The molecule has 0 aliphatic rings. The molecule has 2 unspecified atom stereocenters. The van der Waals surface area contributed by atoms with Crippen LogP contribution in [0.15, 0.2) is 54.9 Å². The molecule has 1 heterocycles. The van der Waals surface area contributed by atoms with E-state index in [1.165, 1.54) is 0 Å². The molecule has 1 aromatic heterocycles. The zero-order valence-electron chi connectivity index (χ0n) is 10.7. The van der Waals surface area contributed by atoms with E-state index in [4.69, 9.17) is 0 Å². The molecule has 0 bridgehead atoms. The first-order valence-corrected chi connectivity index (χ1v) is 7.95. The molecule has 19 heavy (non-hydrogen) atoms. The Labute approximate surface area is 113 Å². The molecule has 0 aliphatic carbocycles. The van der Waals surface area contributed by atoms with Gasteiger partial charge in [-0.1, -0.05) is 36.4 Å². The maximum atomic E-state index is 12.2. The van der Waals surface area contributed by atoms with Crippen LogP contribution in [0.2, 0.25) is 0 Å². The normalized spacial score (nSPS) is 15.7. The van der Waals surface area contributed by atoms with E-state index in [-0.39, 0.29) is 12.2 Å². The van der Waals surface area contributed by atoms with Gasteiger partial charge in [-0.25, -0.2) is 5.09 Å². The number of hydrogen-bond donors (Lipinski definition) is 2. The average Bonchev–Trinajstić information content (AvgIpc) is 2.39. The van der Waals surface area contributed by atoms with Gasteiger partial charge in [-0.2, -0.15) is 0 Å². The Morgan fingerprint density at radius 1 is 1.26 bits per heavy atom. The number of pyridine rings is 1. The topological polar surface area (TPSA) is 62.2 Å². The molecular weight excluding hydrogens is 259 g/mol. The van der Waals surface area contributed by atoms with Crippen molar-refractivity contribution in [1.29, 1.82) is 0 Å². The Morgan fingerprint density at radius 3 is 2.63 bits per heavy atom. The zero-order valence-corrected chi connectivity index (χ0v) is 11.6. The van der Waals surface area contributed by atoms with Crippen LogP contribution in [0, 0.1) is 0 Å². The minimum Gasteiger partial charge on any atom is -0.333 e. The number of rotatable bonds is 5. The van der Waals surface area contributed by atoms with Crippen molar-refractivity contribution in [2.45, 2.75) is 19.1 Å². The first-order valence-electron chi connectivity index (χ1n) is 6.10. The van der Waals surface area contributed by atoms with Crippen LogP contribution in [0.5, 0.6) is 0 Å². The van der Waals surface area contributed by atoms with Gasteiger partial charge in [0.15, 0.2) is 0 Å². The van der Waals surface area contributed by atoms with Gasteiger partial charge in [-0.3, -0.25) is 9.55 Å². The Morgan fingerprint density at radius 2 is 2.00 bits per heavy atom. The van der Waals surface area contributed by atoms with Gasteiger partial charge in [0.05, 0.1) is 6.16 Å². The predicted molar refractivity (Wildman–Crippen MR) is 75.8 cm³/mol. The van der Waals surface area contributed by atoms with Crippen LogP contribution in [0.3, 0.4) is 0 Å². The summed E-state index contributed by atoms with van der Waals surface area (Å²) in [6.45, 7) is 1.85. The van der Waals surface area contributed by atoms with Gasteiger partial charge < -0.3 is 4.89 Å². The second-order valence-electron chi connectivity index (χ2n) is 4.48. The van der Waals surface area contributed by atoms with Crippen LogP contribution in [0.1, 0.15) is 24.1 Å². The lowest BCUT2D eigenvalue weighted by Crippen LogP contribution is -2.16. The summed E-state index contributed by atoms with van der Waals surface area (Å²) < 4.78 is 12.2. The number of benzene rings is 1. The van der Waals surface area contributed by atoms with Gasteiger partial charge in [0.25, 0.3) is 7.52 Å². The molecule has 0 aliphatic heterocycles. The quantitative estimate of drug-likeness (QED) is 0.824. The third-order valence-electron chi connectivity index (χ3n) is 2.82. The van der Waals surface area contributed by atoms with E-state index in [1.807, 2.05) is 49.4 Å². The van der Waals surface area contributed by atoms with E-state index < -0.39 is 7.52 Å². The summed E-state index contributed by atoms with van der Waals surface area (Å²) in [6.07, 6.45) is 3.50. The lowest BCUT2D eigenvalue weighted by molar-refractivity contribution is 0.451. The monoisotopic (exact) mass is 276 g/mol. The molecule has 2 atom stereocenters. The smallest absolute Gasteiger partial charge is 0.272 e. The van der Waals surface area contributed by atoms with Crippen LogP contribution in [-0.4, -0.2) is 9.88 Å². The highest BCUT2D eigenvalue weighted by Gasteiger charge is 2.22. The van der Waals surface area contributed by atoms with Gasteiger partial charge in [0.2, 0.25) is 0 Å². The molecule has 2 rings (SSSR count). The second kappa shape index (κ2) is 6.11. The van der Waals surface area contributed by atoms with Crippen LogP contribution in [-0.2, 0) is 10.7 Å². The summed E-state index contributed by atoms with van der Waals surface area (Å²) in [6, 6.07) is 12.8. The van der Waals surface area contributed by atoms with Crippen molar-refractivity contribution in [2.75, 3.05) is 0 Å². The fourth-order valence-electron chi connectivity index (χ4n) is 1.89. The molecule has 100 valence electrons. The molecule has 0 spiro atoms. The van der Waals surface area contributed by atoms with E-state index in [0.717, 1.165) is 11.1 Å². The maximum Gasteiger partial charge on any atom is 0.272 e. The molecule has 0 radical (unpaired) electrons. The van der Waals surface area contributed by atoms with Gasteiger partial charge in [0, 0.05) is 18.4 Å². The molecule has 0 fully saturated rings. The summed E-state index contributed by atoms with van der Waals surface area (Å²) in [5.74, 6) is 0. The number of nitrogens with zero attached hydrogens (tertiary/aromatic N) is 1. The lowest BCUT2D eigenvalue weighted by Gasteiger charge is -2.19. The minimum absolute atomic E-state index is 0.123. The Hall–Kier alpha value is -1.48. The third-order valence-corrected chi connectivity index (χ3v) is 4.40. The van der Waals surface area contributed by atoms with Gasteiger partial charge >= 0.3 is 0 Å².